The van der Waals surface area contributed by atoms with Gasteiger partial charge in [0, 0.05) is 35.3 Å². The molecule has 1 atom stereocenters. The number of anilines is 1. The second-order valence-electron chi connectivity index (χ2n) is 7.28. The van der Waals surface area contributed by atoms with E-state index in [1.807, 2.05) is 24.3 Å². The lowest BCUT2D eigenvalue weighted by molar-refractivity contribution is 0.0986. The van der Waals surface area contributed by atoms with Gasteiger partial charge in [0.2, 0.25) is 10.0 Å². The third kappa shape index (κ3) is 3.71. The maximum atomic E-state index is 13.3. The highest BCUT2D eigenvalue weighted by Crippen LogP contribution is 2.38. The molecule has 148 valence electrons. The lowest BCUT2D eigenvalue weighted by Crippen LogP contribution is -2.32. The Bertz CT molecular complexity index is 985. The summed E-state index contributed by atoms with van der Waals surface area (Å²) in [6, 6.07) is 14.4. The fraction of sp³-hybridized carbons (Fsp3) is 0.381. The molecular formula is C21H24N2O3S2. The van der Waals surface area contributed by atoms with Crippen LogP contribution < -0.4 is 4.90 Å². The van der Waals surface area contributed by atoms with E-state index in [4.69, 9.17) is 0 Å². The number of rotatable bonds is 3. The number of sulfonamides is 1. The molecule has 0 aromatic heterocycles. The van der Waals surface area contributed by atoms with Crippen LogP contribution in [-0.4, -0.2) is 43.5 Å². The maximum Gasteiger partial charge on any atom is 0.258 e. The molecule has 2 aromatic rings. The summed E-state index contributed by atoms with van der Waals surface area (Å²) < 4.78 is 27.3. The predicted molar refractivity (Wildman–Crippen MR) is 112 cm³/mol. The maximum absolute atomic E-state index is 13.3. The highest BCUT2D eigenvalue weighted by atomic mass is 32.2. The van der Waals surface area contributed by atoms with Crippen LogP contribution in [0.2, 0.25) is 0 Å². The largest absolute Gasteiger partial charge is 0.307 e. The Labute approximate surface area is 170 Å². The van der Waals surface area contributed by atoms with E-state index in [-0.39, 0.29) is 10.8 Å². The minimum atomic E-state index is -3.54. The molecule has 4 rings (SSSR count). The van der Waals surface area contributed by atoms with Crippen molar-refractivity contribution < 1.29 is 13.2 Å². The molecule has 28 heavy (non-hydrogen) atoms. The standard InChI is InChI=1S/C21H24N2O3S2/c1-16-11-14-23(19-9-2-3-10-20(19)27-16)21(24)17-7-6-8-18(15-17)28(25,26)22-12-4-5-13-22/h2-3,6-10,15-16H,4-5,11-14H2,1H3. The van der Waals surface area contributed by atoms with E-state index in [0.29, 0.717) is 30.4 Å². The monoisotopic (exact) mass is 416 g/mol. The fourth-order valence-corrected chi connectivity index (χ4v) is 6.40. The van der Waals surface area contributed by atoms with Gasteiger partial charge in [0.25, 0.3) is 5.91 Å². The second-order valence-corrected chi connectivity index (χ2v) is 10.7. The molecular weight excluding hydrogens is 392 g/mol. The SMILES string of the molecule is CC1CCN(C(=O)c2cccc(S(=O)(=O)N3CCCC3)c2)c2ccccc2S1. The molecule has 1 amide bonds. The van der Waals surface area contributed by atoms with E-state index < -0.39 is 10.0 Å². The van der Waals surface area contributed by atoms with Crippen LogP contribution in [0.1, 0.15) is 36.5 Å². The van der Waals surface area contributed by atoms with Gasteiger partial charge in [0.15, 0.2) is 0 Å². The van der Waals surface area contributed by atoms with E-state index in [2.05, 4.69) is 6.92 Å². The molecule has 2 aromatic carbocycles. The van der Waals surface area contributed by atoms with Crippen LogP contribution in [0.4, 0.5) is 5.69 Å². The number of carbonyl (C=O) groups is 1. The molecule has 2 aliphatic rings. The Hall–Kier alpha value is -1.83. The highest BCUT2D eigenvalue weighted by Gasteiger charge is 2.29. The molecule has 2 aliphatic heterocycles. The summed E-state index contributed by atoms with van der Waals surface area (Å²) in [5.41, 5.74) is 1.31. The summed E-state index contributed by atoms with van der Waals surface area (Å²) in [6.45, 7) is 3.88. The molecule has 1 fully saturated rings. The van der Waals surface area contributed by atoms with Gasteiger partial charge in [-0.3, -0.25) is 4.79 Å². The van der Waals surface area contributed by atoms with Crippen molar-refractivity contribution in [2.75, 3.05) is 24.5 Å². The summed E-state index contributed by atoms with van der Waals surface area (Å²) in [7, 11) is -3.54. The third-order valence-electron chi connectivity index (χ3n) is 5.27. The van der Waals surface area contributed by atoms with Crippen molar-refractivity contribution in [3.8, 4) is 0 Å². The zero-order chi connectivity index (χ0) is 19.7. The van der Waals surface area contributed by atoms with Gasteiger partial charge in [0.1, 0.15) is 0 Å². The third-order valence-corrected chi connectivity index (χ3v) is 8.40. The quantitative estimate of drug-likeness (QED) is 0.759. The van der Waals surface area contributed by atoms with Gasteiger partial charge in [-0.25, -0.2) is 8.42 Å². The summed E-state index contributed by atoms with van der Waals surface area (Å²) in [4.78, 5) is 16.4. The Balaban J connectivity index is 1.67. The minimum Gasteiger partial charge on any atom is -0.307 e. The molecule has 0 spiro atoms. The number of hydrogen-bond acceptors (Lipinski definition) is 4. The average Bonchev–Trinajstić information content (AvgIpc) is 3.19. The first-order chi connectivity index (χ1) is 13.5. The van der Waals surface area contributed by atoms with E-state index in [1.165, 1.54) is 10.4 Å². The number of nitrogens with zero attached hydrogens (tertiary/aromatic N) is 2. The van der Waals surface area contributed by atoms with Crippen LogP contribution in [0.25, 0.3) is 0 Å². The van der Waals surface area contributed by atoms with Crippen molar-refractivity contribution >= 4 is 33.4 Å². The van der Waals surface area contributed by atoms with Crippen LogP contribution in [0.15, 0.2) is 58.3 Å². The van der Waals surface area contributed by atoms with E-state index >= 15 is 0 Å². The Morgan fingerprint density at radius 1 is 1.04 bits per heavy atom. The number of para-hydroxylation sites is 1. The Morgan fingerprint density at radius 2 is 1.79 bits per heavy atom. The summed E-state index contributed by atoms with van der Waals surface area (Å²) in [5, 5.41) is 0.417. The van der Waals surface area contributed by atoms with Gasteiger partial charge in [-0.15, -0.1) is 11.8 Å². The van der Waals surface area contributed by atoms with E-state index in [1.54, 1.807) is 34.9 Å². The molecule has 2 heterocycles. The van der Waals surface area contributed by atoms with Crippen molar-refractivity contribution in [3.63, 3.8) is 0 Å². The Kier molecular flexibility index (Phi) is 5.49. The van der Waals surface area contributed by atoms with Crippen molar-refractivity contribution in [1.82, 2.24) is 4.31 Å². The summed E-state index contributed by atoms with van der Waals surface area (Å²) in [5.74, 6) is -0.152. The number of thioether (sulfide) groups is 1. The topological polar surface area (TPSA) is 57.7 Å². The normalized spacial score (nSPS) is 20.6. The zero-order valence-electron chi connectivity index (χ0n) is 15.9. The number of carbonyl (C=O) groups excluding carboxylic acids is 1. The molecule has 0 radical (unpaired) electrons. The summed E-state index contributed by atoms with van der Waals surface area (Å²) >= 11 is 1.78. The second kappa shape index (κ2) is 7.89. The smallest absolute Gasteiger partial charge is 0.258 e. The van der Waals surface area contributed by atoms with Gasteiger partial charge in [-0.05, 0) is 49.6 Å². The summed E-state index contributed by atoms with van der Waals surface area (Å²) in [6.07, 6.45) is 2.66. The van der Waals surface area contributed by atoms with Gasteiger partial charge in [-0.1, -0.05) is 25.1 Å². The predicted octanol–water partition coefficient (Wildman–Crippen LogP) is 4.00. The van der Waals surface area contributed by atoms with Crippen LogP contribution >= 0.6 is 11.8 Å². The molecule has 0 bridgehead atoms. The van der Waals surface area contributed by atoms with Crippen molar-refractivity contribution in [1.29, 1.82) is 0 Å². The van der Waals surface area contributed by atoms with Crippen LogP contribution in [-0.2, 0) is 10.0 Å². The van der Waals surface area contributed by atoms with Gasteiger partial charge >= 0.3 is 0 Å². The first kappa shape index (κ1) is 19.5. The lowest BCUT2D eigenvalue weighted by Gasteiger charge is -2.23. The van der Waals surface area contributed by atoms with Crippen LogP contribution in [0.5, 0.6) is 0 Å². The van der Waals surface area contributed by atoms with Crippen molar-refractivity contribution in [2.24, 2.45) is 0 Å². The molecule has 0 N–H and O–H groups in total. The highest BCUT2D eigenvalue weighted by molar-refractivity contribution is 8.00. The molecule has 0 aliphatic carbocycles. The zero-order valence-corrected chi connectivity index (χ0v) is 17.5. The Morgan fingerprint density at radius 3 is 2.57 bits per heavy atom. The van der Waals surface area contributed by atoms with Crippen molar-refractivity contribution in [2.45, 2.75) is 41.2 Å². The van der Waals surface area contributed by atoms with Crippen LogP contribution in [0.3, 0.4) is 0 Å². The minimum absolute atomic E-state index is 0.152. The number of amides is 1. The van der Waals surface area contributed by atoms with E-state index in [9.17, 15) is 13.2 Å². The van der Waals surface area contributed by atoms with Gasteiger partial charge < -0.3 is 4.90 Å². The molecule has 7 heteroatoms. The fourth-order valence-electron chi connectivity index (χ4n) is 3.72. The first-order valence-corrected chi connectivity index (χ1v) is 12.0. The number of fused-ring (bicyclic) bond motifs is 1. The lowest BCUT2D eigenvalue weighted by atomic mass is 10.1. The molecule has 0 saturated carbocycles. The van der Waals surface area contributed by atoms with Crippen LogP contribution in [0, 0.1) is 0 Å². The first-order valence-electron chi connectivity index (χ1n) is 9.64. The van der Waals surface area contributed by atoms with E-state index in [0.717, 1.165) is 29.8 Å². The van der Waals surface area contributed by atoms with Gasteiger partial charge in [0.05, 0.1) is 10.6 Å². The average molecular weight is 417 g/mol. The molecule has 5 nitrogen and oxygen atoms in total. The van der Waals surface area contributed by atoms with Crippen molar-refractivity contribution in [3.05, 3.63) is 54.1 Å². The van der Waals surface area contributed by atoms with Gasteiger partial charge in [-0.2, -0.15) is 4.31 Å². The molecule has 1 unspecified atom stereocenters. The molecule has 1 saturated heterocycles. The number of hydrogen-bond donors (Lipinski definition) is 0. The number of benzene rings is 2.